The van der Waals surface area contributed by atoms with E-state index in [0.717, 1.165) is 15.4 Å². The van der Waals surface area contributed by atoms with Crippen molar-refractivity contribution in [2.45, 2.75) is 42.7 Å². The zero-order valence-corrected chi connectivity index (χ0v) is 27.6. The first-order valence-electron chi connectivity index (χ1n) is 14.8. The summed E-state index contributed by atoms with van der Waals surface area (Å²) in [6, 6.07) is 28.2. The zero-order valence-electron chi connectivity index (χ0n) is 26.0. The summed E-state index contributed by atoms with van der Waals surface area (Å²) < 4.78 is 63.5. The number of ether oxygens (including phenoxy) is 2. The van der Waals surface area contributed by atoms with Gasteiger partial charge in [-0.3, -0.25) is 9.59 Å². The number of nitrogens with zero attached hydrogens (tertiary/aromatic N) is 1. The number of rotatable bonds is 15. The number of benzene rings is 4. The average Bonchev–Trinajstić information content (AvgIpc) is 3.04. The Kier molecular flexibility index (Phi) is 11.9. The highest BCUT2D eigenvalue weighted by Gasteiger charge is 2.40. The minimum atomic E-state index is -4.41. The van der Waals surface area contributed by atoms with Gasteiger partial charge in [-0.15, -0.1) is 0 Å². The molecule has 0 heterocycles. The molecule has 13 heteroatoms. The molecule has 248 valence electrons. The number of hydrogen-bond donors (Lipinski definition) is 2. The molecule has 11 nitrogen and oxygen atoms in total. The number of sulfonamides is 2. The standard InChI is InChI=1S/C34H37N3O8S2/c1-25(2)33(34(39)44-24-27-9-5-3-6-10-27)37(23-32(38)36-22-21-26-13-17-30(18-14-26)46(35,40)41)47(42,43)31-19-15-29(16-20-31)45-28-11-7-4-8-12-28/h3-20,25,33H,21-24H2,1-2H3,(H,36,38)(H2,35,40,41)/t33-/m1/s1. The second kappa shape index (κ2) is 15.8. The molecule has 3 N–H and O–H groups in total. The van der Waals surface area contributed by atoms with E-state index in [2.05, 4.69) is 5.32 Å². The van der Waals surface area contributed by atoms with Crippen molar-refractivity contribution in [3.05, 3.63) is 120 Å². The highest BCUT2D eigenvalue weighted by atomic mass is 32.2. The lowest BCUT2D eigenvalue weighted by molar-refractivity contribution is -0.151. The Labute approximate surface area is 275 Å². The first-order chi connectivity index (χ1) is 22.3. The summed E-state index contributed by atoms with van der Waals surface area (Å²) >= 11 is 0. The van der Waals surface area contributed by atoms with Crippen LogP contribution in [-0.4, -0.2) is 52.1 Å². The predicted molar refractivity (Wildman–Crippen MR) is 176 cm³/mol. The van der Waals surface area contributed by atoms with Gasteiger partial charge in [0.25, 0.3) is 0 Å². The van der Waals surface area contributed by atoms with Crippen LogP contribution in [0.4, 0.5) is 0 Å². The van der Waals surface area contributed by atoms with E-state index >= 15 is 0 Å². The van der Waals surface area contributed by atoms with Gasteiger partial charge in [-0.25, -0.2) is 22.0 Å². The molecule has 0 saturated heterocycles. The molecule has 1 amide bonds. The van der Waals surface area contributed by atoms with E-state index in [0.29, 0.717) is 17.9 Å². The monoisotopic (exact) mass is 679 g/mol. The van der Waals surface area contributed by atoms with Gasteiger partial charge >= 0.3 is 5.97 Å². The van der Waals surface area contributed by atoms with E-state index in [-0.39, 0.29) is 22.9 Å². The summed E-state index contributed by atoms with van der Waals surface area (Å²) in [5, 5.41) is 7.84. The molecule has 0 saturated carbocycles. The van der Waals surface area contributed by atoms with Crippen molar-refractivity contribution < 1.29 is 35.9 Å². The fourth-order valence-electron chi connectivity index (χ4n) is 4.70. The summed E-state index contributed by atoms with van der Waals surface area (Å²) in [4.78, 5) is 26.5. The van der Waals surface area contributed by atoms with E-state index in [1.54, 1.807) is 62.4 Å². The van der Waals surface area contributed by atoms with Gasteiger partial charge in [-0.1, -0.05) is 74.5 Å². The molecule has 0 radical (unpaired) electrons. The van der Waals surface area contributed by atoms with E-state index in [9.17, 15) is 26.4 Å². The Morgan fingerprint density at radius 1 is 0.745 bits per heavy atom. The van der Waals surface area contributed by atoms with Crippen LogP contribution in [0.15, 0.2) is 119 Å². The van der Waals surface area contributed by atoms with Crippen LogP contribution in [0.3, 0.4) is 0 Å². The molecule has 0 aliphatic heterocycles. The molecule has 47 heavy (non-hydrogen) atoms. The molecule has 4 aromatic carbocycles. The number of primary sulfonamides is 1. The van der Waals surface area contributed by atoms with E-state index in [4.69, 9.17) is 14.6 Å². The van der Waals surface area contributed by atoms with Gasteiger partial charge in [0.05, 0.1) is 16.3 Å². The van der Waals surface area contributed by atoms with Crippen LogP contribution in [0.2, 0.25) is 0 Å². The predicted octanol–water partition coefficient (Wildman–Crippen LogP) is 4.24. The Morgan fingerprint density at radius 2 is 1.30 bits per heavy atom. The van der Waals surface area contributed by atoms with Crippen LogP contribution < -0.4 is 15.2 Å². The lowest BCUT2D eigenvalue weighted by Gasteiger charge is -2.31. The van der Waals surface area contributed by atoms with Crippen molar-refractivity contribution in [1.82, 2.24) is 9.62 Å². The topological polar surface area (TPSA) is 162 Å². The maximum absolute atomic E-state index is 14.1. The molecule has 0 aromatic heterocycles. The van der Waals surface area contributed by atoms with Crippen LogP contribution >= 0.6 is 0 Å². The number of hydrogen-bond acceptors (Lipinski definition) is 8. The van der Waals surface area contributed by atoms with Crippen LogP contribution in [0.5, 0.6) is 11.5 Å². The van der Waals surface area contributed by atoms with Gasteiger partial charge in [0.1, 0.15) is 24.1 Å². The highest BCUT2D eigenvalue weighted by Crippen LogP contribution is 2.27. The minimum Gasteiger partial charge on any atom is -0.460 e. The van der Waals surface area contributed by atoms with Crippen molar-refractivity contribution in [2.24, 2.45) is 11.1 Å². The Bertz CT molecular complexity index is 1850. The first-order valence-corrected chi connectivity index (χ1v) is 17.8. The van der Waals surface area contributed by atoms with Gasteiger partial charge in [-0.05, 0) is 72.0 Å². The highest BCUT2D eigenvalue weighted by molar-refractivity contribution is 7.89. The van der Waals surface area contributed by atoms with Crippen molar-refractivity contribution in [1.29, 1.82) is 0 Å². The fraction of sp³-hybridized carbons (Fsp3) is 0.235. The quantitative estimate of drug-likeness (QED) is 0.176. The van der Waals surface area contributed by atoms with E-state index in [1.807, 2.05) is 24.3 Å². The molecular weight excluding hydrogens is 643 g/mol. The van der Waals surface area contributed by atoms with Gasteiger partial charge in [0.2, 0.25) is 26.0 Å². The summed E-state index contributed by atoms with van der Waals surface area (Å²) in [6.07, 6.45) is 0.332. The number of carbonyl (C=O) groups excluding carboxylic acids is 2. The SMILES string of the molecule is CC(C)[C@H](C(=O)OCc1ccccc1)N(CC(=O)NCCc1ccc(S(N)(=O)=O)cc1)S(=O)(=O)c1ccc(Oc2ccccc2)cc1. The zero-order chi connectivity index (χ0) is 34.0. The van der Waals surface area contributed by atoms with E-state index < -0.39 is 50.4 Å². The fourth-order valence-corrected chi connectivity index (χ4v) is 6.88. The summed E-state index contributed by atoms with van der Waals surface area (Å²) in [7, 11) is -8.25. The van der Waals surface area contributed by atoms with Crippen molar-refractivity contribution in [3.8, 4) is 11.5 Å². The van der Waals surface area contributed by atoms with Gasteiger partial charge in [-0.2, -0.15) is 4.31 Å². The lowest BCUT2D eigenvalue weighted by atomic mass is 10.0. The molecule has 1 atom stereocenters. The van der Waals surface area contributed by atoms with Gasteiger partial charge in [0, 0.05) is 6.54 Å². The number of carbonyl (C=O) groups is 2. The molecule has 0 aliphatic carbocycles. The smallest absolute Gasteiger partial charge is 0.325 e. The maximum atomic E-state index is 14.1. The second-order valence-corrected chi connectivity index (χ2v) is 14.5. The molecule has 0 bridgehead atoms. The molecule has 0 unspecified atom stereocenters. The van der Waals surface area contributed by atoms with Crippen molar-refractivity contribution in [2.75, 3.05) is 13.1 Å². The van der Waals surface area contributed by atoms with Crippen molar-refractivity contribution >= 4 is 31.9 Å². The number of amides is 1. The summed E-state index contributed by atoms with van der Waals surface area (Å²) in [5.41, 5.74) is 1.45. The minimum absolute atomic E-state index is 0.0373. The average molecular weight is 680 g/mol. The van der Waals surface area contributed by atoms with E-state index in [1.165, 1.54) is 36.4 Å². The van der Waals surface area contributed by atoms with Crippen molar-refractivity contribution in [3.63, 3.8) is 0 Å². The molecule has 4 rings (SSSR count). The van der Waals surface area contributed by atoms with Gasteiger partial charge in [0.15, 0.2) is 0 Å². The number of nitrogens with one attached hydrogen (secondary N) is 1. The first kappa shape index (κ1) is 35.3. The number of esters is 1. The third kappa shape index (κ3) is 9.96. The molecule has 0 aliphatic rings. The van der Waals surface area contributed by atoms with Gasteiger partial charge < -0.3 is 14.8 Å². The molecule has 0 fully saturated rings. The Hall–Kier alpha value is -4.56. The number of nitrogens with two attached hydrogens (primary N) is 1. The second-order valence-electron chi connectivity index (χ2n) is 11.0. The number of para-hydroxylation sites is 1. The Balaban J connectivity index is 1.54. The molecule has 4 aromatic rings. The lowest BCUT2D eigenvalue weighted by Crippen LogP contribution is -2.52. The van der Waals surface area contributed by atoms with Crippen LogP contribution in [0.1, 0.15) is 25.0 Å². The molecular formula is C34H37N3O8S2. The maximum Gasteiger partial charge on any atom is 0.325 e. The summed E-state index contributed by atoms with van der Waals surface area (Å²) in [6.45, 7) is 2.75. The Morgan fingerprint density at radius 3 is 1.87 bits per heavy atom. The third-order valence-corrected chi connectivity index (χ3v) is 9.87. The van der Waals surface area contributed by atoms with Crippen LogP contribution in [-0.2, 0) is 47.4 Å². The van der Waals surface area contributed by atoms with Crippen LogP contribution in [0.25, 0.3) is 0 Å². The molecule has 0 spiro atoms. The normalized spacial score (nSPS) is 12.4. The van der Waals surface area contributed by atoms with Crippen LogP contribution in [0, 0.1) is 5.92 Å². The summed E-state index contributed by atoms with van der Waals surface area (Å²) in [5.74, 6) is -1.01. The largest absolute Gasteiger partial charge is 0.460 e. The third-order valence-electron chi connectivity index (χ3n) is 7.10.